The first kappa shape index (κ1) is 21.2. The van der Waals surface area contributed by atoms with Gasteiger partial charge < -0.3 is 15.0 Å². The molecule has 0 bridgehead atoms. The normalized spacial score (nSPS) is 22.7. The quantitative estimate of drug-likeness (QED) is 0.689. The average Bonchev–Trinajstić information content (AvgIpc) is 2.80. The van der Waals surface area contributed by atoms with Crippen molar-refractivity contribution in [3.8, 4) is 0 Å². The van der Waals surface area contributed by atoms with E-state index in [4.69, 9.17) is 4.74 Å². The SMILES string of the molecule is O=S(=O)(N[C@H]1CC[C@H](NCc2ccncc2)CC1)c1ccc(N2CCOCC2)nc1. The monoisotopic (exact) mass is 431 g/mol. The van der Waals surface area contributed by atoms with Crippen LogP contribution in [-0.4, -0.2) is 56.8 Å². The van der Waals surface area contributed by atoms with Crippen LogP contribution in [0.5, 0.6) is 0 Å². The molecule has 8 nitrogen and oxygen atoms in total. The second-order valence-electron chi connectivity index (χ2n) is 7.86. The van der Waals surface area contributed by atoms with Crippen molar-refractivity contribution in [2.24, 2.45) is 0 Å². The highest BCUT2D eigenvalue weighted by Gasteiger charge is 2.26. The maximum absolute atomic E-state index is 12.8. The Kier molecular flexibility index (Phi) is 6.93. The Morgan fingerprint density at radius 2 is 1.70 bits per heavy atom. The van der Waals surface area contributed by atoms with E-state index in [2.05, 4.69) is 24.9 Å². The van der Waals surface area contributed by atoms with Crippen LogP contribution in [0, 0.1) is 0 Å². The van der Waals surface area contributed by atoms with Gasteiger partial charge in [-0.1, -0.05) is 0 Å². The van der Waals surface area contributed by atoms with Gasteiger partial charge >= 0.3 is 0 Å². The second-order valence-corrected chi connectivity index (χ2v) is 9.57. The van der Waals surface area contributed by atoms with E-state index in [1.165, 1.54) is 11.8 Å². The molecule has 1 saturated heterocycles. The zero-order chi connectivity index (χ0) is 20.8. The summed E-state index contributed by atoms with van der Waals surface area (Å²) in [5.41, 5.74) is 1.21. The van der Waals surface area contributed by atoms with Gasteiger partial charge in [-0.05, 0) is 55.5 Å². The molecule has 2 N–H and O–H groups in total. The first-order valence-electron chi connectivity index (χ1n) is 10.5. The minimum absolute atomic E-state index is 0.0344. The summed E-state index contributed by atoms with van der Waals surface area (Å²) in [5.74, 6) is 0.790. The van der Waals surface area contributed by atoms with Crippen molar-refractivity contribution in [2.45, 2.75) is 49.2 Å². The highest BCUT2D eigenvalue weighted by Crippen LogP contribution is 2.22. The fraction of sp³-hybridized carbons (Fsp3) is 0.524. The average molecular weight is 432 g/mol. The number of aromatic nitrogens is 2. The van der Waals surface area contributed by atoms with Crippen LogP contribution >= 0.6 is 0 Å². The topological polar surface area (TPSA) is 96.5 Å². The maximum Gasteiger partial charge on any atom is 0.242 e. The van der Waals surface area contributed by atoms with E-state index in [1.54, 1.807) is 24.5 Å². The largest absolute Gasteiger partial charge is 0.378 e. The highest BCUT2D eigenvalue weighted by molar-refractivity contribution is 7.89. The lowest BCUT2D eigenvalue weighted by Crippen LogP contribution is -2.42. The first-order chi connectivity index (χ1) is 14.6. The summed E-state index contributed by atoms with van der Waals surface area (Å²) in [5, 5.41) is 3.56. The van der Waals surface area contributed by atoms with Gasteiger partial charge in [0.25, 0.3) is 0 Å². The number of rotatable bonds is 7. The van der Waals surface area contributed by atoms with Crippen molar-refractivity contribution in [1.29, 1.82) is 0 Å². The summed E-state index contributed by atoms with van der Waals surface area (Å²) in [6.07, 6.45) is 8.60. The Labute approximate surface area is 178 Å². The Morgan fingerprint density at radius 3 is 2.37 bits per heavy atom. The molecule has 1 saturated carbocycles. The van der Waals surface area contributed by atoms with E-state index in [-0.39, 0.29) is 10.9 Å². The van der Waals surface area contributed by atoms with Crippen molar-refractivity contribution in [2.75, 3.05) is 31.2 Å². The number of hydrogen-bond donors (Lipinski definition) is 2. The van der Waals surface area contributed by atoms with Gasteiger partial charge in [-0.25, -0.2) is 18.1 Å². The van der Waals surface area contributed by atoms with Crippen LogP contribution in [0.3, 0.4) is 0 Å². The molecule has 3 heterocycles. The fourth-order valence-electron chi connectivity index (χ4n) is 3.98. The molecule has 2 fully saturated rings. The third kappa shape index (κ3) is 5.54. The van der Waals surface area contributed by atoms with Crippen LogP contribution in [0.25, 0.3) is 0 Å². The third-order valence-corrected chi connectivity index (χ3v) is 7.27. The van der Waals surface area contributed by atoms with Gasteiger partial charge in [-0.2, -0.15) is 0 Å². The van der Waals surface area contributed by atoms with Crippen molar-refractivity contribution < 1.29 is 13.2 Å². The van der Waals surface area contributed by atoms with E-state index < -0.39 is 10.0 Å². The number of pyridine rings is 2. The number of ether oxygens (including phenoxy) is 1. The lowest BCUT2D eigenvalue weighted by Gasteiger charge is -2.30. The van der Waals surface area contributed by atoms with Crippen molar-refractivity contribution in [3.05, 3.63) is 48.4 Å². The molecule has 162 valence electrons. The van der Waals surface area contributed by atoms with Crippen LogP contribution in [0.15, 0.2) is 47.8 Å². The lowest BCUT2D eigenvalue weighted by molar-refractivity contribution is 0.122. The predicted octanol–water partition coefficient (Wildman–Crippen LogP) is 1.69. The third-order valence-electron chi connectivity index (χ3n) is 5.76. The van der Waals surface area contributed by atoms with Gasteiger partial charge in [0.2, 0.25) is 10.0 Å². The van der Waals surface area contributed by atoms with E-state index >= 15 is 0 Å². The molecule has 0 amide bonds. The van der Waals surface area contributed by atoms with Gasteiger partial charge in [0.15, 0.2) is 0 Å². The molecule has 0 radical (unpaired) electrons. The predicted molar refractivity (Wildman–Crippen MR) is 115 cm³/mol. The van der Waals surface area contributed by atoms with E-state index in [0.29, 0.717) is 19.3 Å². The first-order valence-corrected chi connectivity index (χ1v) is 12.0. The number of nitrogens with zero attached hydrogens (tertiary/aromatic N) is 3. The molecule has 2 aliphatic rings. The fourth-order valence-corrected chi connectivity index (χ4v) is 5.23. The number of morpholine rings is 1. The minimum Gasteiger partial charge on any atom is -0.378 e. The molecule has 1 aliphatic carbocycles. The highest BCUT2D eigenvalue weighted by atomic mass is 32.2. The molecule has 30 heavy (non-hydrogen) atoms. The molecule has 2 aromatic rings. The summed E-state index contributed by atoms with van der Waals surface area (Å²) >= 11 is 0. The summed E-state index contributed by atoms with van der Waals surface area (Å²) in [4.78, 5) is 10.7. The Balaban J connectivity index is 1.26. The Hall–Kier alpha value is -2.07. The maximum atomic E-state index is 12.8. The number of hydrogen-bond acceptors (Lipinski definition) is 7. The Morgan fingerprint density at radius 1 is 1.00 bits per heavy atom. The van der Waals surface area contributed by atoms with Crippen LogP contribution in [0.2, 0.25) is 0 Å². The molecular formula is C21H29N5O3S. The van der Waals surface area contributed by atoms with Gasteiger partial charge in [-0.3, -0.25) is 4.98 Å². The summed E-state index contributed by atoms with van der Waals surface area (Å²) in [7, 11) is -3.56. The molecular weight excluding hydrogens is 402 g/mol. The molecule has 1 aliphatic heterocycles. The minimum atomic E-state index is -3.56. The summed E-state index contributed by atoms with van der Waals surface area (Å²) in [6.45, 7) is 3.70. The molecule has 0 atom stereocenters. The molecule has 2 aromatic heterocycles. The zero-order valence-electron chi connectivity index (χ0n) is 17.0. The van der Waals surface area contributed by atoms with Crippen LogP contribution < -0.4 is 14.9 Å². The smallest absolute Gasteiger partial charge is 0.242 e. The number of anilines is 1. The molecule has 0 unspecified atom stereocenters. The van der Waals surface area contributed by atoms with E-state index in [9.17, 15) is 8.42 Å². The van der Waals surface area contributed by atoms with Gasteiger partial charge in [-0.15, -0.1) is 0 Å². The number of nitrogens with one attached hydrogen (secondary N) is 2. The second kappa shape index (κ2) is 9.82. The van der Waals surface area contributed by atoms with Crippen LogP contribution in [0.1, 0.15) is 31.2 Å². The Bertz CT molecular complexity index is 894. The van der Waals surface area contributed by atoms with E-state index in [1.807, 2.05) is 12.1 Å². The summed E-state index contributed by atoms with van der Waals surface area (Å²) in [6, 6.07) is 7.80. The van der Waals surface area contributed by atoms with E-state index in [0.717, 1.165) is 51.1 Å². The van der Waals surface area contributed by atoms with Crippen LogP contribution in [0.4, 0.5) is 5.82 Å². The van der Waals surface area contributed by atoms with Gasteiger partial charge in [0.05, 0.1) is 13.2 Å². The molecule has 0 spiro atoms. The molecule has 0 aromatic carbocycles. The zero-order valence-corrected chi connectivity index (χ0v) is 17.9. The van der Waals surface area contributed by atoms with Gasteiger partial charge in [0.1, 0.15) is 10.7 Å². The van der Waals surface area contributed by atoms with Gasteiger partial charge in [0, 0.05) is 50.3 Å². The van der Waals surface area contributed by atoms with Crippen molar-refractivity contribution >= 4 is 15.8 Å². The molecule has 9 heteroatoms. The summed E-state index contributed by atoms with van der Waals surface area (Å²) < 4.78 is 33.8. The number of sulfonamides is 1. The lowest BCUT2D eigenvalue weighted by atomic mass is 9.92. The standard InChI is InChI=1S/C21H29N5O3S/c27-30(28,20-5-6-21(24-16-20)26-11-13-29-14-12-26)25-19-3-1-18(2-4-19)23-15-17-7-9-22-10-8-17/h5-10,16,18-19,23,25H,1-4,11-15H2/t18-,19-. The van der Waals surface area contributed by atoms with Crippen LogP contribution in [-0.2, 0) is 21.3 Å². The van der Waals surface area contributed by atoms with Crippen molar-refractivity contribution in [3.63, 3.8) is 0 Å². The van der Waals surface area contributed by atoms with Crippen molar-refractivity contribution in [1.82, 2.24) is 20.0 Å². The molecule has 4 rings (SSSR count).